The van der Waals surface area contributed by atoms with Crippen molar-refractivity contribution in [3.05, 3.63) is 107 Å². The summed E-state index contributed by atoms with van der Waals surface area (Å²) in [6, 6.07) is 25.0. The molecule has 1 N–H and O–H groups in total. The van der Waals surface area contributed by atoms with E-state index in [2.05, 4.69) is 5.32 Å². The van der Waals surface area contributed by atoms with Crippen LogP contribution in [0.1, 0.15) is 64.7 Å². The average Bonchev–Trinajstić information content (AvgIpc) is 2.95. The Morgan fingerprint density at radius 2 is 1.66 bits per heavy atom. The molecule has 6 nitrogen and oxygen atoms in total. The second-order valence-electron chi connectivity index (χ2n) is 9.85. The van der Waals surface area contributed by atoms with Crippen LogP contribution in [0.3, 0.4) is 0 Å². The van der Waals surface area contributed by atoms with E-state index in [-0.39, 0.29) is 23.7 Å². The van der Waals surface area contributed by atoms with Gasteiger partial charge in [0.15, 0.2) is 0 Å². The number of fused-ring (bicyclic) bond motifs is 1. The monoisotopic (exact) mass is 512 g/mol. The van der Waals surface area contributed by atoms with Crippen molar-refractivity contribution in [2.24, 2.45) is 0 Å². The zero-order chi connectivity index (χ0) is 27.1. The van der Waals surface area contributed by atoms with Crippen LogP contribution in [0.5, 0.6) is 0 Å². The minimum absolute atomic E-state index is 0.0215. The molecule has 1 aliphatic rings. The number of hydrogen-bond donors (Lipinski definition) is 1. The van der Waals surface area contributed by atoms with Gasteiger partial charge in [-0.3, -0.25) is 14.4 Å². The first-order valence-corrected chi connectivity index (χ1v) is 13.3. The Morgan fingerprint density at radius 1 is 0.974 bits per heavy atom. The summed E-state index contributed by atoms with van der Waals surface area (Å²) in [6.45, 7) is 5.02. The molecular formula is C32H36N2O4. The summed E-state index contributed by atoms with van der Waals surface area (Å²) in [6.07, 6.45) is 1.67. The Balaban J connectivity index is 1.48. The highest BCUT2D eigenvalue weighted by atomic mass is 16.5. The molecule has 4 rings (SSSR count). The molecular weight excluding hydrogens is 476 g/mol. The van der Waals surface area contributed by atoms with Crippen molar-refractivity contribution in [2.75, 3.05) is 26.7 Å². The molecule has 0 unspecified atom stereocenters. The Bertz CT molecular complexity index is 1290. The minimum atomic E-state index is -0.941. The number of nitrogens with zero attached hydrogens (tertiary/aromatic N) is 1. The highest BCUT2D eigenvalue weighted by Gasteiger charge is 2.49. The molecule has 3 aromatic rings. The second kappa shape index (κ2) is 12.1. The predicted molar refractivity (Wildman–Crippen MR) is 148 cm³/mol. The molecule has 2 amide bonds. The van der Waals surface area contributed by atoms with Crippen LogP contribution in [-0.2, 0) is 19.7 Å². The van der Waals surface area contributed by atoms with Crippen LogP contribution >= 0.6 is 0 Å². The number of ether oxygens (including phenoxy) is 1. The normalized spacial score (nSPS) is 18.2. The lowest BCUT2D eigenvalue weighted by molar-refractivity contribution is -0.149. The van der Waals surface area contributed by atoms with Crippen LogP contribution in [0.2, 0.25) is 0 Å². The van der Waals surface area contributed by atoms with Gasteiger partial charge in [0.25, 0.3) is 5.91 Å². The summed E-state index contributed by atoms with van der Waals surface area (Å²) in [5.41, 5.74) is 3.26. The van der Waals surface area contributed by atoms with Crippen LogP contribution in [0.25, 0.3) is 0 Å². The van der Waals surface area contributed by atoms with Crippen molar-refractivity contribution < 1.29 is 19.1 Å². The van der Waals surface area contributed by atoms with Crippen LogP contribution in [0.15, 0.2) is 78.9 Å². The third kappa shape index (κ3) is 5.35. The maximum atomic E-state index is 13.6. The molecule has 6 heteroatoms. The van der Waals surface area contributed by atoms with E-state index in [0.29, 0.717) is 44.5 Å². The van der Waals surface area contributed by atoms with Gasteiger partial charge in [-0.05, 0) is 61.4 Å². The fourth-order valence-corrected chi connectivity index (χ4v) is 5.52. The first-order chi connectivity index (χ1) is 18.4. The van der Waals surface area contributed by atoms with Crippen molar-refractivity contribution in [2.45, 2.75) is 44.4 Å². The Kier molecular flexibility index (Phi) is 8.62. The summed E-state index contributed by atoms with van der Waals surface area (Å²) >= 11 is 0. The molecule has 0 heterocycles. The number of hydrogen-bond acceptors (Lipinski definition) is 4. The zero-order valence-electron chi connectivity index (χ0n) is 22.4. The third-order valence-corrected chi connectivity index (χ3v) is 7.51. The lowest BCUT2D eigenvalue weighted by Crippen LogP contribution is -2.45. The first-order valence-electron chi connectivity index (χ1n) is 13.3. The number of nitrogens with one attached hydrogen (secondary N) is 1. The fraction of sp³-hybridized carbons (Fsp3) is 0.344. The summed E-state index contributed by atoms with van der Waals surface area (Å²) < 4.78 is 5.59. The van der Waals surface area contributed by atoms with Gasteiger partial charge in [-0.1, -0.05) is 72.8 Å². The van der Waals surface area contributed by atoms with Crippen molar-refractivity contribution in [1.29, 1.82) is 0 Å². The number of aryl methyl sites for hydroxylation is 1. The van der Waals surface area contributed by atoms with E-state index in [1.54, 1.807) is 11.9 Å². The summed E-state index contributed by atoms with van der Waals surface area (Å²) in [4.78, 5) is 41.3. The van der Waals surface area contributed by atoms with Crippen molar-refractivity contribution >= 4 is 17.8 Å². The molecule has 198 valence electrons. The SMILES string of the molecule is CCOC(=O)[C@]1(c2ccccc2)CC[C@@H](C(=O)N(C)CCCNC(=O)c2ccccc2C)c2ccccc21. The lowest BCUT2D eigenvalue weighted by Gasteiger charge is -2.41. The largest absolute Gasteiger partial charge is 0.465 e. The average molecular weight is 513 g/mol. The second-order valence-corrected chi connectivity index (χ2v) is 9.85. The molecule has 3 aromatic carbocycles. The summed E-state index contributed by atoms with van der Waals surface area (Å²) in [7, 11) is 1.80. The van der Waals surface area contributed by atoms with Gasteiger partial charge in [-0.25, -0.2) is 0 Å². The highest BCUT2D eigenvalue weighted by molar-refractivity contribution is 5.95. The molecule has 0 radical (unpaired) electrons. The van der Waals surface area contributed by atoms with Gasteiger partial charge in [0.2, 0.25) is 5.91 Å². The van der Waals surface area contributed by atoms with Gasteiger partial charge in [0.05, 0.1) is 12.5 Å². The van der Waals surface area contributed by atoms with E-state index in [1.807, 2.05) is 92.7 Å². The van der Waals surface area contributed by atoms with Gasteiger partial charge in [-0.2, -0.15) is 0 Å². The molecule has 0 fully saturated rings. The van der Waals surface area contributed by atoms with E-state index in [0.717, 1.165) is 22.3 Å². The van der Waals surface area contributed by atoms with Gasteiger partial charge in [0.1, 0.15) is 5.41 Å². The molecule has 1 aliphatic carbocycles. The van der Waals surface area contributed by atoms with Crippen LogP contribution in [0, 0.1) is 6.92 Å². The van der Waals surface area contributed by atoms with Crippen molar-refractivity contribution in [3.63, 3.8) is 0 Å². The number of benzene rings is 3. The smallest absolute Gasteiger partial charge is 0.321 e. The molecule has 38 heavy (non-hydrogen) atoms. The zero-order valence-corrected chi connectivity index (χ0v) is 22.4. The number of esters is 1. The quantitative estimate of drug-likeness (QED) is 0.323. The van der Waals surface area contributed by atoms with E-state index in [1.165, 1.54) is 0 Å². The molecule has 0 aromatic heterocycles. The van der Waals surface area contributed by atoms with Crippen molar-refractivity contribution in [1.82, 2.24) is 10.2 Å². The maximum absolute atomic E-state index is 13.6. The van der Waals surface area contributed by atoms with Gasteiger partial charge < -0.3 is 15.0 Å². The van der Waals surface area contributed by atoms with Crippen molar-refractivity contribution in [3.8, 4) is 0 Å². The Morgan fingerprint density at radius 3 is 2.39 bits per heavy atom. The van der Waals surface area contributed by atoms with E-state index in [4.69, 9.17) is 4.74 Å². The predicted octanol–water partition coefficient (Wildman–Crippen LogP) is 5.00. The van der Waals surface area contributed by atoms with Gasteiger partial charge >= 0.3 is 5.97 Å². The number of amides is 2. The van der Waals surface area contributed by atoms with Gasteiger partial charge in [-0.15, -0.1) is 0 Å². The van der Waals surface area contributed by atoms with Gasteiger partial charge in [0, 0.05) is 25.7 Å². The Hall–Kier alpha value is -3.93. The molecule has 2 atom stereocenters. The standard InChI is InChI=1S/C32H36N2O4/c1-4-38-31(37)32(24-14-6-5-7-15-24)20-19-27(26-17-10-11-18-28(26)32)30(36)34(3)22-12-21-33-29(35)25-16-9-8-13-23(25)2/h5-11,13-18,27H,4,12,19-22H2,1-3H3,(H,33,35)/t27-,32+/m1/s1. The van der Waals surface area contributed by atoms with E-state index >= 15 is 0 Å². The molecule has 0 saturated carbocycles. The third-order valence-electron chi connectivity index (χ3n) is 7.51. The van der Waals surface area contributed by atoms with E-state index < -0.39 is 5.41 Å². The van der Waals surface area contributed by atoms with E-state index in [9.17, 15) is 14.4 Å². The highest BCUT2D eigenvalue weighted by Crippen LogP contribution is 2.48. The number of carbonyl (C=O) groups excluding carboxylic acids is 3. The minimum Gasteiger partial charge on any atom is -0.465 e. The summed E-state index contributed by atoms with van der Waals surface area (Å²) in [5, 5.41) is 2.95. The van der Waals surface area contributed by atoms with Crippen LogP contribution in [0.4, 0.5) is 0 Å². The lowest BCUT2D eigenvalue weighted by atomic mass is 9.63. The number of likely N-dealkylation sites (N-methyl/N-ethyl adjacent to an activating group) is 1. The Labute approximate surface area is 225 Å². The molecule has 0 saturated heterocycles. The fourth-order valence-electron chi connectivity index (χ4n) is 5.52. The summed E-state index contributed by atoms with van der Waals surface area (Å²) in [5.74, 6) is -0.700. The molecule has 0 spiro atoms. The maximum Gasteiger partial charge on any atom is 0.321 e. The first kappa shape index (κ1) is 27.1. The number of rotatable bonds is 9. The molecule has 0 aliphatic heterocycles. The van der Waals surface area contributed by atoms with Crippen LogP contribution < -0.4 is 5.32 Å². The number of carbonyl (C=O) groups is 3. The molecule has 0 bridgehead atoms. The van der Waals surface area contributed by atoms with Crippen LogP contribution in [-0.4, -0.2) is 49.4 Å². The topological polar surface area (TPSA) is 75.7 Å².